The maximum atomic E-state index is 12.1. The Morgan fingerprint density at radius 2 is 1.74 bits per heavy atom. The van der Waals surface area contributed by atoms with Crippen molar-refractivity contribution in [3.05, 3.63) is 54.2 Å². The van der Waals surface area contributed by atoms with E-state index in [0.717, 1.165) is 48.5 Å². The molecular weight excluding hydrogens is 481 g/mol. The lowest BCUT2D eigenvalue weighted by molar-refractivity contribution is -0.192. The predicted molar refractivity (Wildman–Crippen MR) is 129 cm³/mol. The molecule has 0 bridgehead atoms. The number of pyridine rings is 1. The van der Waals surface area contributed by atoms with Crippen molar-refractivity contribution in [2.24, 2.45) is 5.92 Å². The summed E-state index contributed by atoms with van der Waals surface area (Å²) in [7, 11) is 0. The minimum absolute atomic E-state index is 0.129. The monoisotopic (exact) mass is 510 g/mol. The number of carbonyl (C=O) groups is 2. The number of nitrogens with zero attached hydrogens (tertiary/aromatic N) is 2. The quantitative estimate of drug-likeness (QED) is 0.398. The minimum atomic E-state index is -5.08. The zero-order chi connectivity index (χ0) is 26.0. The van der Waals surface area contributed by atoms with Crippen molar-refractivity contribution in [2.75, 3.05) is 26.0 Å². The number of carboxylic acids is 1. The Balaban J connectivity index is 0.000000540. The third-order valence-electron chi connectivity index (χ3n) is 5.19. The number of likely N-dealkylation sites (tertiary alicyclic amines) is 1. The molecule has 10 heteroatoms. The molecule has 6 nitrogen and oxygen atoms in total. The van der Waals surface area contributed by atoms with E-state index in [1.54, 1.807) is 24.0 Å². The molecule has 1 saturated heterocycles. The van der Waals surface area contributed by atoms with Crippen LogP contribution < -0.4 is 4.74 Å². The number of rotatable bonds is 6. The highest BCUT2D eigenvalue weighted by Gasteiger charge is 2.38. The number of piperidine rings is 1. The molecular formula is C25H29F3N2O4S. The molecule has 3 rings (SSSR count). The van der Waals surface area contributed by atoms with Crippen LogP contribution in [0.3, 0.4) is 0 Å². The van der Waals surface area contributed by atoms with Gasteiger partial charge in [-0.15, -0.1) is 11.8 Å². The average Bonchev–Trinajstić information content (AvgIpc) is 2.83. The lowest BCUT2D eigenvalue weighted by Crippen LogP contribution is -2.39. The standard InChI is InChI=1S/C23H28N2O2S.C2HF3O2/c1-17(2)14-23(26)25-12-10-18(11-13-25)16-27-20-6-9-22(24-15-20)19-4-7-21(28-3)8-5-19;3-2(4,5)1(6)7/h4-9,14-15,18H,10-13,16H2,1-3H3;(H,6,7). The van der Waals surface area contributed by atoms with E-state index in [0.29, 0.717) is 12.5 Å². The molecule has 190 valence electrons. The molecule has 0 radical (unpaired) electrons. The number of halogens is 3. The number of thioether (sulfide) groups is 1. The van der Waals surface area contributed by atoms with Crippen LogP contribution in [-0.2, 0) is 9.59 Å². The predicted octanol–water partition coefficient (Wildman–Crippen LogP) is 5.69. The lowest BCUT2D eigenvalue weighted by atomic mass is 9.97. The number of carbonyl (C=O) groups excluding carboxylic acids is 1. The van der Waals surface area contributed by atoms with Gasteiger partial charge in [0.1, 0.15) is 5.75 Å². The fraction of sp³-hybridized carbons (Fsp3) is 0.400. The third kappa shape index (κ3) is 9.64. The maximum Gasteiger partial charge on any atom is 0.490 e. The van der Waals surface area contributed by atoms with Crippen LogP contribution >= 0.6 is 11.8 Å². The van der Waals surface area contributed by atoms with E-state index in [1.807, 2.05) is 30.9 Å². The van der Waals surface area contributed by atoms with E-state index in [9.17, 15) is 18.0 Å². The van der Waals surface area contributed by atoms with Gasteiger partial charge in [-0.2, -0.15) is 13.2 Å². The SMILES string of the molecule is CSc1ccc(-c2ccc(OCC3CCN(C(=O)C=C(C)C)CC3)cn2)cc1.O=C(O)C(F)(F)F. The van der Waals surface area contributed by atoms with Gasteiger partial charge in [0, 0.05) is 29.6 Å². The normalized spacial score (nSPS) is 13.9. The summed E-state index contributed by atoms with van der Waals surface area (Å²) in [6, 6.07) is 12.4. The third-order valence-corrected chi connectivity index (χ3v) is 5.93. The van der Waals surface area contributed by atoms with Crippen LogP contribution in [0.2, 0.25) is 0 Å². The van der Waals surface area contributed by atoms with Crippen molar-refractivity contribution in [3.8, 4) is 17.0 Å². The summed E-state index contributed by atoms with van der Waals surface area (Å²) in [5.74, 6) is -1.35. The van der Waals surface area contributed by atoms with E-state index < -0.39 is 12.1 Å². The summed E-state index contributed by atoms with van der Waals surface area (Å²) in [6.45, 7) is 6.20. The van der Waals surface area contributed by atoms with Crippen LogP contribution in [0, 0.1) is 5.92 Å². The molecule has 1 amide bonds. The first-order valence-corrected chi connectivity index (χ1v) is 12.2. The number of hydrogen-bond donors (Lipinski definition) is 1. The van der Waals surface area contributed by atoms with Gasteiger partial charge in [-0.05, 0) is 63.1 Å². The molecule has 2 heterocycles. The van der Waals surface area contributed by atoms with Crippen LogP contribution in [0.5, 0.6) is 5.75 Å². The molecule has 1 aliphatic heterocycles. The Labute approximate surface area is 207 Å². The van der Waals surface area contributed by atoms with E-state index in [4.69, 9.17) is 14.6 Å². The molecule has 2 aromatic rings. The molecule has 1 N–H and O–H groups in total. The van der Waals surface area contributed by atoms with Crippen LogP contribution in [-0.4, -0.2) is 59.0 Å². The van der Waals surface area contributed by atoms with Crippen molar-refractivity contribution in [1.29, 1.82) is 0 Å². The van der Waals surface area contributed by atoms with Gasteiger partial charge in [0.25, 0.3) is 0 Å². The molecule has 1 fully saturated rings. The highest BCUT2D eigenvalue weighted by atomic mass is 32.2. The number of aromatic nitrogens is 1. The zero-order valence-electron chi connectivity index (χ0n) is 19.8. The van der Waals surface area contributed by atoms with Crippen molar-refractivity contribution >= 4 is 23.6 Å². The van der Waals surface area contributed by atoms with E-state index in [1.165, 1.54) is 4.90 Å². The maximum absolute atomic E-state index is 12.1. The van der Waals surface area contributed by atoms with Gasteiger partial charge in [0.05, 0.1) is 18.5 Å². The molecule has 1 aliphatic rings. The zero-order valence-corrected chi connectivity index (χ0v) is 20.7. The second-order valence-electron chi connectivity index (χ2n) is 8.21. The first kappa shape index (κ1) is 28.2. The Hall–Kier alpha value is -3.01. The number of ether oxygens (including phenoxy) is 1. The Bertz CT molecular complexity index is 997. The molecule has 1 aromatic carbocycles. The highest BCUT2D eigenvalue weighted by molar-refractivity contribution is 7.98. The Morgan fingerprint density at radius 3 is 2.20 bits per heavy atom. The molecule has 1 aromatic heterocycles. The second kappa shape index (κ2) is 13.2. The molecule has 0 saturated carbocycles. The van der Waals surface area contributed by atoms with Gasteiger partial charge in [-0.1, -0.05) is 17.7 Å². The van der Waals surface area contributed by atoms with Crippen molar-refractivity contribution < 1.29 is 32.6 Å². The molecule has 0 aliphatic carbocycles. The fourth-order valence-corrected chi connectivity index (χ4v) is 3.68. The number of hydrogen-bond acceptors (Lipinski definition) is 5. The van der Waals surface area contributed by atoms with Crippen LogP contribution in [0.15, 0.2) is 59.1 Å². The summed E-state index contributed by atoms with van der Waals surface area (Å²) >= 11 is 1.73. The number of aliphatic carboxylic acids is 1. The molecule has 35 heavy (non-hydrogen) atoms. The van der Waals surface area contributed by atoms with Crippen LogP contribution in [0.1, 0.15) is 26.7 Å². The summed E-state index contributed by atoms with van der Waals surface area (Å²) in [4.78, 5) is 28.7. The smallest absolute Gasteiger partial charge is 0.490 e. The Kier molecular flexibility index (Phi) is 10.6. The summed E-state index contributed by atoms with van der Waals surface area (Å²) in [5, 5.41) is 7.12. The highest BCUT2D eigenvalue weighted by Crippen LogP contribution is 2.24. The number of amides is 1. The van der Waals surface area contributed by atoms with Crippen LogP contribution in [0.4, 0.5) is 13.2 Å². The van der Waals surface area contributed by atoms with Crippen LogP contribution in [0.25, 0.3) is 11.3 Å². The number of alkyl halides is 3. The molecule has 0 spiro atoms. The summed E-state index contributed by atoms with van der Waals surface area (Å²) in [6.07, 6.45) is 2.47. The van der Waals surface area contributed by atoms with Crippen molar-refractivity contribution in [3.63, 3.8) is 0 Å². The second-order valence-corrected chi connectivity index (χ2v) is 9.09. The molecule has 0 unspecified atom stereocenters. The number of allylic oxidation sites excluding steroid dienone is 1. The summed E-state index contributed by atoms with van der Waals surface area (Å²) in [5.41, 5.74) is 3.11. The molecule has 0 atom stereocenters. The lowest BCUT2D eigenvalue weighted by Gasteiger charge is -2.31. The Morgan fingerprint density at radius 1 is 1.14 bits per heavy atom. The number of benzene rings is 1. The van der Waals surface area contributed by atoms with E-state index >= 15 is 0 Å². The van der Waals surface area contributed by atoms with Gasteiger partial charge in [-0.25, -0.2) is 4.79 Å². The van der Waals surface area contributed by atoms with Gasteiger partial charge in [-0.3, -0.25) is 9.78 Å². The first-order chi connectivity index (χ1) is 16.5. The topological polar surface area (TPSA) is 79.7 Å². The van der Waals surface area contributed by atoms with Crippen molar-refractivity contribution in [2.45, 2.75) is 37.8 Å². The number of carboxylic acid groups (broad SMARTS) is 1. The van der Waals surface area contributed by atoms with Gasteiger partial charge in [0.15, 0.2) is 0 Å². The average molecular weight is 511 g/mol. The summed E-state index contributed by atoms with van der Waals surface area (Å²) < 4.78 is 37.7. The van der Waals surface area contributed by atoms with E-state index in [2.05, 4.69) is 35.5 Å². The van der Waals surface area contributed by atoms with Crippen molar-refractivity contribution in [1.82, 2.24) is 9.88 Å². The van der Waals surface area contributed by atoms with Gasteiger partial charge in [0.2, 0.25) is 5.91 Å². The largest absolute Gasteiger partial charge is 0.492 e. The minimum Gasteiger partial charge on any atom is -0.492 e. The first-order valence-electron chi connectivity index (χ1n) is 11.0. The van der Waals surface area contributed by atoms with Gasteiger partial charge >= 0.3 is 12.1 Å². The van der Waals surface area contributed by atoms with Gasteiger partial charge < -0.3 is 14.7 Å². The fourth-order valence-electron chi connectivity index (χ4n) is 3.27. The van der Waals surface area contributed by atoms with E-state index in [-0.39, 0.29) is 5.91 Å².